The van der Waals surface area contributed by atoms with Crippen molar-refractivity contribution in [1.82, 2.24) is 0 Å². The van der Waals surface area contributed by atoms with E-state index in [0.29, 0.717) is 11.1 Å². The van der Waals surface area contributed by atoms with Crippen LogP contribution in [-0.4, -0.2) is 17.8 Å². The molecule has 16 heavy (non-hydrogen) atoms. The van der Waals surface area contributed by atoms with Gasteiger partial charge in [-0.2, -0.15) is 11.8 Å². The number of benzene rings is 1. The molecule has 86 valence electrons. The molecule has 0 amide bonds. The van der Waals surface area contributed by atoms with Crippen LogP contribution in [0.5, 0.6) is 0 Å². The first kappa shape index (κ1) is 11.6. The molecule has 1 nitrogen and oxygen atoms in total. The molecule has 0 aliphatic carbocycles. The molecule has 1 aromatic rings. The number of carbonyl (C=O) groups excluding carboxylic acids is 1. The van der Waals surface area contributed by atoms with Crippen LogP contribution in [-0.2, 0) is 0 Å². The number of aldehydes is 1. The molecule has 0 bridgehead atoms. The summed E-state index contributed by atoms with van der Waals surface area (Å²) in [7, 11) is 0. The number of thioether (sulfide) groups is 1. The molecule has 1 heterocycles. The molecule has 0 N–H and O–H groups in total. The first-order valence-electron chi connectivity index (χ1n) is 5.59. The highest BCUT2D eigenvalue weighted by molar-refractivity contribution is 7.99. The summed E-state index contributed by atoms with van der Waals surface area (Å²) in [6, 6.07) is 6.99. The molecule has 3 heteroatoms. The zero-order valence-corrected chi connectivity index (χ0v) is 9.88. The van der Waals surface area contributed by atoms with Crippen LogP contribution < -0.4 is 0 Å². The lowest BCUT2D eigenvalue weighted by atomic mass is 9.92. The Morgan fingerprint density at radius 1 is 1.44 bits per heavy atom. The third-order valence-electron chi connectivity index (χ3n) is 3.03. The molecule has 1 aliphatic rings. The van der Waals surface area contributed by atoms with Gasteiger partial charge < -0.3 is 0 Å². The molecule has 1 aromatic carbocycles. The van der Waals surface area contributed by atoms with E-state index in [1.54, 1.807) is 24.3 Å². The van der Waals surface area contributed by atoms with Gasteiger partial charge in [-0.1, -0.05) is 24.3 Å². The Morgan fingerprint density at radius 2 is 2.25 bits per heavy atom. The third-order valence-corrected chi connectivity index (χ3v) is 4.27. The summed E-state index contributed by atoms with van der Waals surface area (Å²) in [4.78, 5) is 10.8. The lowest BCUT2D eigenvalue weighted by molar-refractivity contribution is 0.111. The highest BCUT2D eigenvalue weighted by atomic mass is 32.2. The highest BCUT2D eigenvalue weighted by Crippen LogP contribution is 2.36. The molecular formula is C13H15FOS. The van der Waals surface area contributed by atoms with Crippen LogP contribution >= 0.6 is 11.8 Å². The van der Waals surface area contributed by atoms with Gasteiger partial charge in [-0.15, -0.1) is 0 Å². The van der Waals surface area contributed by atoms with Crippen LogP contribution in [0, 0.1) is 5.92 Å². The third kappa shape index (κ3) is 2.46. The molecular weight excluding hydrogens is 223 g/mol. The Morgan fingerprint density at radius 3 is 2.94 bits per heavy atom. The molecule has 0 spiro atoms. The van der Waals surface area contributed by atoms with Crippen LogP contribution in [0.3, 0.4) is 0 Å². The van der Waals surface area contributed by atoms with Crippen molar-refractivity contribution in [2.75, 3.05) is 11.5 Å². The van der Waals surface area contributed by atoms with Crippen molar-refractivity contribution in [3.63, 3.8) is 0 Å². The molecule has 2 atom stereocenters. The molecule has 1 aliphatic heterocycles. The van der Waals surface area contributed by atoms with Gasteiger partial charge in [0.2, 0.25) is 0 Å². The van der Waals surface area contributed by atoms with E-state index < -0.39 is 6.17 Å². The van der Waals surface area contributed by atoms with Crippen LogP contribution in [0.2, 0.25) is 0 Å². The van der Waals surface area contributed by atoms with Crippen molar-refractivity contribution < 1.29 is 9.18 Å². The highest BCUT2D eigenvalue weighted by Gasteiger charge is 2.26. The molecule has 1 saturated heterocycles. The van der Waals surface area contributed by atoms with Crippen LogP contribution in [0.25, 0.3) is 0 Å². The molecule has 0 aromatic heterocycles. The maximum Gasteiger partial charge on any atom is 0.150 e. The fourth-order valence-corrected chi connectivity index (χ4v) is 3.30. The smallest absolute Gasteiger partial charge is 0.150 e. The molecule has 2 rings (SSSR count). The number of rotatable bonds is 3. The quantitative estimate of drug-likeness (QED) is 0.748. The lowest BCUT2D eigenvalue weighted by Gasteiger charge is -2.25. The van der Waals surface area contributed by atoms with E-state index >= 15 is 0 Å². The maximum atomic E-state index is 14.3. The van der Waals surface area contributed by atoms with Crippen molar-refractivity contribution in [1.29, 1.82) is 0 Å². The van der Waals surface area contributed by atoms with Crippen molar-refractivity contribution >= 4 is 18.0 Å². The van der Waals surface area contributed by atoms with Crippen molar-refractivity contribution in [3.05, 3.63) is 35.4 Å². The van der Waals surface area contributed by atoms with Crippen LogP contribution in [0.4, 0.5) is 4.39 Å². The first-order chi connectivity index (χ1) is 7.83. The molecule has 1 fully saturated rings. The Bertz CT molecular complexity index is 361. The summed E-state index contributed by atoms with van der Waals surface area (Å²) in [5, 5.41) is 0. The second-order valence-corrected chi connectivity index (χ2v) is 5.28. The van der Waals surface area contributed by atoms with E-state index in [2.05, 4.69) is 0 Å². The van der Waals surface area contributed by atoms with Gasteiger partial charge in [-0.05, 0) is 29.9 Å². The van der Waals surface area contributed by atoms with Gasteiger partial charge in [0.1, 0.15) is 12.5 Å². The number of alkyl halides is 1. The normalized spacial score (nSPS) is 22.7. The Hall–Kier alpha value is -0.830. The average Bonchev–Trinajstić information content (AvgIpc) is 2.39. The second kappa shape index (κ2) is 5.48. The summed E-state index contributed by atoms with van der Waals surface area (Å²) >= 11 is 1.81. The lowest BCUT2D eigenvalue weighted by Crippen LogP contribution is -2.17. The number of halogens is 1. The largest absolute Gasteiger partial charge is 0.298 e. The van der Waals surface area contributed by atoms with E-state index in [1.165, 1.54) is 0 Å². The van der Waals surface area contributed by atoms with Crippen LogP contribution in [0.1, 0.15) is 34.9 Å². The number of carbonyl (C=O) groups is 1. The average molecular weight is 238 g/mol. The minimum Gasteiger partial charge on any atom is -0.298 e. The topological polar surface area (TPSA) is 17.1 Å². The molecule has 0 saturated carbocycles. The Kier molecular flexibility index (Phi) is 3.99. The summed E-state index contributed by atoms with van der Waals surface area (Å²) in [6.45, 7) is 0. The maximum absolute atomic E-state index is 14.3. The van der Waals surface area contributed by atoms with E-state index in [9.17, 15) is 9.18 Å². The van der Waals surface area contributed by atoms with Crippen LogP contribution in [0.15, 0.2) is 24.3 Å². The van der Waals surface area contributed by atoms with Gasteiger partial charge in [0.15, 0.2) is 0 Å². The van der Waals surface area contributed by atoms with E-state index in [4.69, 9.17) is 0 Å². The van der Waals surface area contributed by atoms with E-state index in [-0.39, 0.29) is 5.92 Å². The minimum absolute atomic E-state index is 0.0693. The predicted molar refractivity (Wildman–Crippen MR) is 65.7 cm³/mol. The van der Waals surface area contributed by atoms with Gasteiger partial charge in [0.25, 0.3) is 0 Å². The second-order valence-electron chi connectivity index (χ2n) is 4.13. The zero-order chi connectivity index (χ0) is 11.4. The predicted octanol–water partition coefficient (Wildman–Crippen LogP) is 3.65. The standard InChI is InChI=1S/C13H15FOS/c14-13(11-5-3-7-16-9-11)12-6-2-1-4-10(12)8-15/h1-2,4,6,8,11,13H,3,5,7,9H2. The van der Waals surface area contributed by atoms with Gasteiger partial charge in [0.05, 0.1) is 0 Å². The molecule has 0 radical (unpaired) electrons. The summed E-state index contributed by atoms with van der Waals surface area (Å²) < 4.78 is 14.3. The zero-order valence-electron chi connectivity index (χ0n) is 9.06. The van der Waals surface area contributed by atoms with Gasteiger partial charge >= 0.3 is 0 Å². The van der Waals surface area contributed by atoms with E-state index in [0.717, 1.165) is 30.6 Å². The Labute approximate surface area is 99.4 Å². The number of hydrogen-bond donors (Lipinski definition) is 0. The summed E-state index contributed by atoms with van der Waals surface area (Å²) in [5.74, 6) is 2.08. The van der Waals surface area contributed by atoms with E-state index in [1.807, 2.05) is 11.8 Å². The Balaban J connectivity index is 2.18. The SMILES string of the molecule is O=Cc1ccccc1C(F)C1CCCSC1. The molecule has 2 unspecified atom stereocenters. The van der Waals surface area contributed by atoms with Crippen molar-refractivity contribution in [3.8, 4) is 0 Å². The van der Waals surface area contributed by atoms with Crippen molar-refractivity contribution in [2.24, 2.45) is 5.92 Å². The number of hydrogen-bond acceptors (Lipinski definition) is 2. The monoisotopic (exact) mass is 238 g/mol. The fraction of sp³-hybridized carbons (Fsp3) is 0.462. The van der Waals surface area contributed by atoms with Gasteiger partial charge in [0, 0.05) is 11.5 Å². The fourth-order valence-electron chi connectivity index (χ4n) is 2.12. The van der Waals surface area contributed by atoms with Gasteiger partial charge in [-0.25, -0.2) is 4.39 Å². The van der Waals surface area contributed by atoms with Crippen molar-refractivity contribution in [2.45, 2.75) is 19.0 Å². The summed E-state index contributed by atoms with van der Waals surface area (Å²) in [5.41, 5.74) is 1.05. The summed E-state index contributed by atoms with van der Waals surface area (Å²) in [6.07, 6.45) is 1.77. The minimum atomic E-state index is -0.991. The first-order valence-corrected chi connectivity index (χ1v) is 6.74. The van der Waals surface area contributed by atoms with Gasteiger partial charge in [-0.3, -0.25) is 4.79 Å².